The van der Waals surface area contributed by atoms with Crippen LogP contribution >= 0.6 is 15.9 Å². The highest BCUT2D eigenvalue weighted by Crippen LogP contribution is 2.24. The molecule has 4 nitrogen and oxygen atoms in total. The first kappa shape index (κ1) is 16.3. The number of likely N-dealkylation sites (tertiary alicyclic amines) is 1. The van der Waals surface area contributed by atoms with Gasteiger partial charge in [-0.3, -0.25) is 4.79 Å². The van der Waals surface area contributed by atoms with E-state index in [-0.39, 0.29) is 12.5 Å². The maximum Gasteiger partial charge on any atom is 0.263 e. The Morgan fingerprint density at radius 1 is 1.33 bits per heavy atom. The van der Waals surface area contributed by atoms with E-state index in [1.54, 1.807) is 19.1 Å². The molecule has 1 fully saturated rings. The fourth-order valence-electron chi connectivity index (χ4n) is 2.58. The number of carbonyl (C=O) groups excluding carboxylic acids is 1. The van der Waals surface area contributed by atoms with Crippen LogP contribution < -0.4 is 4.74 Å². The number of hydrogen-bond acceptors (Lipinski definition) is 3. The van der Waals surface area contributed by atoms with Crippen LogP contribution in [-0.2, 0) is 11.4 Å². The molecule has 0 aliphatic carbocycles. The molecule has 0 aromatic heterocycles. The van der Waals surface area contributed by atoms with E-state index >= 15 is 0 Å². The van der Waals surface area contributed by atoms with Gasteiger partial charge in [0.25, 0.3) is 5.91 Å². The summed E-state index contributed by atoms with van der Waals surface area (Å²) < 4.78 is 6.66. The number of aliphatic hydroxyl groups excluding tert-OH is 1. The maximum absolute atomic E-state index is 12.5. The Balaban J connectivity index is 2.03. The van der Waals surface area contributed by atoms with Gasteiger partial charge in [-0.05, 0) is 38.0 Å². The van der Waals surface area contributed by atoms with Crippen molar-refractivity contribution in [2.45, 2.75) is 45.3 Å². The lowest BCUT2D eigenvalue weighted by atomic mass is 10.2. The number of carbonyl (C=O) groups is 1. The first-order valence-corrected chi connectivity index (χ1v) is 8.26. The minimum atomic E-state index is -0.533. The summed E-state index contributed by atoms with van der Waals surface area (Å²) in [6, 6.07) is 5.43. The van der Waals surface area contributed by atoms with Crippen molar-refractivity contribution in [1.82, 2.24) is 4.90 Å². The van der Waals surface area contributed by atoms with Crippen LogP contribution in [0.1, 0.15) is 38.2 Å². The van der Waals surface area contributed by atoms with Crippen LogP contribution in [0.25, 0.3) is 0 Å². The normalized spacial score (nSPS) is 17.2. The number of rotatable bonds is 4. The number of halogens is 1. The average molecular weight is 356 g/mol. The Bertz CT molecular complexity index is 484. The maximum atomic E-state index is 12.5. The van der Waals surface area contributed by atoms with Crippen LogP contribution in [0.2, 0.25) is 0 Å². The van der Waals surface area contributed by atoms with Gasteiger partial charge in [0.1, 0.15) is 5.75 Å². The number of hydrogen-bond donors (Lipinski definition) is 1. The van der Waals surface area contributed by atoms with E-state index in [2.05, 4.69) is 15.9 Å². The summed E-state index contributed by atoms with van der Waals surface area (Å²) in [4.78, 5) is 14.3. The molecule has 2 rings (SSSR count). The van der Waals surface area contributed by atoms with Crippen molar-refractivity contribution in [2.75, 3.05) is 13.1 Å². The molecule has 1 aromatic rings. The molecule has 0 saturated carbocycles. The molecule has 1 heterocycles. The molecule has 1 atom stereocenters. The van der Waals surface area contributed by atoms with Crippen molar-refractivity contribution in [3.63, 3.8) is 0 Å². The molecule has 5 heteroatoms. The van der Waals surface area contributed by atoms with E-state index in [9.17, 15) is 9.90 Å². The summed E-state index contributed by atoms with van der Waals surface area (Å²) in [6.45, 7) is 3.30. The van der Waals surface area contributed by atoms with Crippen molar-refractivity contribution >= 4 is 21.8 Å². The third kappa shape index (κ3) is 4.45. The summed E-state index contributed by atoms with van der Waals surface area (Å²) in [5, 5.41) is 9.38. The van der Waals surface area contributed by atoms with Gasteiger partial charge in [-0.15, -0.1) is 0 Å². The smallest absolute Gasteiger partial charge is 0.263 e. The van der Waals surface area contributed by atoms with Gasteiger partial charge in [0.2, 0.25) is 0 Å². The fraction of sp³-hybridized carbons (Fsp3) is 0.562. The van der Waals surface area contributed by atoms with Crippen molar-refractivity contribution < 1.29 is 14.6 Å². The van der Waals surface area contributed by atoms with E-state index in [0.29, 0.717) is 11.3 Å². The lowest BCUT2D eigenvalue weighted by Gasteiger charge is -2.25. The highest BCUT2D eigenvalue weighted by atomic mass is 79.9. The summed E-state index contributed by atoms with van der Waals surface area (Å²) in [7, 11) is 0. The molecule has 1 amide bonds. The van der Waals surface area contributed by atoms with Gasteiger partial charge in [-0.25, -0.2) is 0 Å². The van der Waals surface area contributed by atoms with Gasteiger partial charge in [-0.2, -0.15) is 0 Å². The molecule has 1 N–H and O–H groups in total. The average Bonchev–Trinajstić information content (AvgIpc) is 2.77. The molecule has 21 heavy (non-hydrogen) atoms. The minimum absolute atomic E-state index is 0.0312. The lowest BCUT2D eigenvalue weighted by molar-refractivity contribution is -0.137. The Labute approximate surface area is 134 Å². The second-order valence-corrected chi connectivity index (χ2v) is 6.33. The largest absolute Gasteiger partial charge is 0.481 e. The quantitative estimate of drug-likeness (QED) is 0.902. The summed E-state index contributed by atoms with van der Waals surface area (Å²) in [6.07, 6.45) is 3.99. The van der Waals surface area contributed by atoms with Gasteiger partial charge in [0.05, 0.1) is 6.61 Å². The predicted octanol–water partition coefficient (Wildman–Crippen LogP) is 3.11. The Kier molecular flexibility index (Phi) is 6.06. The molecule has 1 aliphatic rings. The molecule has 0 bridgehead atoms. The summed E-state index contributed by atoms with van der Waals surface area (Å²) in [5.41, 5.74) is 0.680. The lowest BCUT2D eigenvalue weighted by Crippen LogP contribution is -2.41. The van der Waals surface area contributed by atoms with Crippen molar-refractivity contribution in [1.29, 1.82) is 0 Å². The highest BCUT2D eigenvalue weighted by molar-refractivity contribution is 9.10. The predicted molar refractivity (Wildman–Crippen MR) is 85.2 cm³/mol. The van der Waals surface area contributed by atoms with Crippen LogP contribution in [0.15, 0.2) is 22.7 Å². The molecular weight excluding hydrogens is 334 g/mol. The van der Waals surface area contributed by atoms with Crippen molar-refractivity contribution in [2.24, 2.45) is 0 Å². The van der Waals surface area contributed by atoms with E-state index < -0.39 is 6.10 Å². The molecule has 0 spiro atoms. The molecule has 116 valence electrons. The number of aliphatic hydroxyl groups is 1. The zero-order chi connectivity index (χ0) is 15.2. The van der Waals surface area contributed by atoms with E-state index in [4.69, 9.17) is 4.74 Å². The number of nitrogens with zero attached hydrogens (tertiary/aromatic N) is 1. The van der Waals surface area contributed by atoms with Gasteiger partial charge >= 0.3 is 0 Å². The highest BCUT2D eigenvalue weighted by Gasteiger charge is 2.23. The summed E-state index contributed by atoms with van der Waals surface area (Å²) in [5.74, 6) is 0.597. The Morgan fingerprint density at radius 2 is 2.00 bits per heavy atom. The molecule has 0 radical (unpaired) electrons. The van der Waals surface area contributed by atoms with E-state index in [0.717, 1.165) is 30.4 Å². The zero-order valence-corrected chi connectivity index (χ0v) is 13.9. The topological polar surface area (TPSA) is 49.8 Å². The van der Waals surface area contributed by atoms with Crippen LogP contribution in [-0.4, -0.2) is 35.1 Å². The van der Waals surface area contributed by atoms with Crippen LogP contribution in [0.5, 0.6) is 5.75 Å². The molecule has 1 aliphatic heterocycles. The second kappa shape index (κ2) is 7.80. The number of benzene rings is 1. The Morgan fingerprint density at radius 3 is 2.62 bits per heavy atom. The molecule has 1 saturated heterocycles. The Hall–Kier alpha value is -1.07. The molecule has 1 aromatic carbocycles. The molecular formula is C16H22BrNO3. The zero-order valence-electron chi connectivity index (χ0n) is 12.3. The van der Waals surface area contributed by atoms with Gasteiger partial charge in [-0.1, -0.05) is 28.8 Å². The van der Waals surface area contributed by atoms with Crippen molar-refractivity contribution in [3.05, 3.63) is 28.2 Å². The van der Waals surface area contributed by atoms with Crippen LogP contribution in [0.3, 0.4) is 0 Å². The third-order valence-corrected chi connectivity index (χ3v) is 4.26. The SMILES string of the molecule is CC(Oc1ccc(Br)cc1CO)C(=O)N1CCCCCC1. The first-order chi connectivity index (χ1) is 10.1. The fourth-order valence-corrected chi connectivity index (χ4v) is 2.98. The second-order valence-electron chi connectivity index (χ2n) is 5.41. The standard InChI is InChI=1S/C16H22BrNO3/c1-12(16(20)18-8-4-2-3-5-9-18)21-15-7-6-14(17)10-13(15)11-19/h6-7,10,12,19H,2-5,8-9,11H2,1H3. The van der Waals surface area contributed by atoms with Crippen molar-refractivity contribution in [3.8, 4) is 5.75 Å². The minimum Gasteiger partial charge on any atom is -0.481 e. The van der Waals surface area contributed by atoms with Gasteiger partial charge in [0.15, 0.2) is 6.10 Å². The van der Waals surface area contributed by atoms with Crippen LogP contribution in [0, 0.1) is 0 Å². The molecule has 1 unspecified atom stereocenters. The number of ether oxygens (including phenoxy) is 1. The monoisotopic (exact) mass is 355 g/mol. The van der Waals surface area contributed by atoms with E-state index in [1.165, 1.54) is 12.8 Å². The van der Waals surface area contributed by atoms with E-state index in [1.807, 2.05) is 11.0 Å². The van der Waals surface area contributed by atoms with Gasteiger partial charge < -0.3 is 14.7 Å². The summed E-state index contributed by atoms with van der Waals surface area (Å²) >= 11 is 3.36. The first-order valence-electron chi connectivity index (χ1n) is 7.46. The van der Waals surface area contributed by atoms with Crippen LogP contribution in [0.4, 0.5) is 0 Å². The number of amides is 1. The van der Waals surface area contributed by atoms with Gasteiger partial charge in [0, 0.05) is 23.1 Å². The third-order valence-electron chi connectivity index (χ3n) is 3.76.